The summed E-state index contributed by atoms with van der Waals surface area (Å²) < 4.78 is 0. The zero-order valence-electron chi connectivity index (χ0n) is 19.8. The molecule has 158 valence electrons. The summed E-state index contributed by atoms with van der Waals surface area (Å²) in [5.74, 6) is 18.6. The third-order valence-corrected chi connectivity index (χ3v) is 13.7. The Balaban J connectivity index is 1.39. The van der Waals surface area contributed by atoms with Crippen LogP contribution in [0.2, 0.25) is 0 Å². The van der Waals surface area contributed by atoms with Gasteiger partial charge in [-0.2, -0.15) is 0 Å². The van der Waals surface area contributed by atoms with Crippen LogP contribution in [0.1, 0.15) is 68.2 Å². The van der Waals surface area contributed by atoms with Crippen LogP contribution >= 0.6 is 0 Å². The first-order chi connectivity index (χ1) is 13.3. The Bertz CT molecular complexity index is 596. The summed E-state index contributed by atoms with van der Waals surface area (Å²) in [6.45, 7) is 21.2. The van der Waals surface area contributed by atoms with Gasteiger partial charge in [0.2, 0.25) is 0 Å². The summed E-state index contributed by atoms with van der Waals surface area (Å²) in [7, 11) is 0. The molecule has 0 heteroatoms. The molecule has 6 fully saturated rings. The fraction of sp³-hybridized carbons (Fsp3) is 1.00. The monoisotopic (exact) mass is 382 g/mol. The molecule has 0 heterocycles. The highest BCUT2D eigenvalue weighted by Crippen LogP contribution is 2.75. The second-order valence-corrected chi connectivity index (χ2v) is 13.5. The first-order valence-corrected chi connectivity index (χ1v) is 13.3. The van der Waals surface area contributed by atoms with Gasteiger partial charge in [-0.3, -0.25) is 0 Å². The van der Waals surface area contributed by atoms with E-state index in [0.29, 0.717) is 0 Å². The SMILES string of the molecule is CC1C(C)C(C)C2C3CC(C2C1C)C1C(C)C2C4CC(C(C)C4C)C2C(C)C31. The average Bonchev–Trinajstić information content (AvgIpc) is 3.41. The number of rotatable bonds is 0. The molecule has 0 N–H and O–H groups in total. The molecule has 6 aliphatic carbocycles. The third kappa shape index (κ3) is 1.92. The molecule has 0 aromatic carbocycles. The van der Waals surface area contributed by atoms with Crippen molar-refractivity contribution in [1.29, 1.82) is 0 Å². The molecule has 18 atom stereocenters. The van der Waals surface area contributed by atoms with Crippen LogP contribution in [-0.4, -0.2) is 0 Å². The van der Waals surface area contributed by atoms with Gasteiger partial charge in [-0.05, 0) is 119 Å². The lowest BCUT2D eigenvalue weighted by Crippen LogP contribution is -2.57. The minimum Gasteiger partial charge on any atom is -0.0620 e. The van der Waals surface area contributed by atoms with Crippen molar-refractivity contribution in [1.82, 2.24) is 0 Å². The minimum atomic E-state index is 0.932. The molecule has 0 aromatic heterocycles. The van der Waals surface area contributed by atoms with Crippen LogP contribution in [0.15, 0.2) is 0 Å². The first-order valence-electron chi connectivity index (χ1n) is 13.3. The highest BCUT2D eigenvalue weighted by molar-refractivity contribution is 5.18. The van der Waals surface area contributed by atoms with Crippen molar-refractivity contribution in [2.45, 2.75) is 68.2 Å². The molecule has 6 saturated carbocycles. The van der Waals surface area contributed by atoms with Crippen LogP contribution < -0.4 is 0 Å². The second-order valence-electron chi connectivity index (χ2n) is 13.5. The third-order valence-electron chi connectivity index (χ3n) is 13.7. The Morgan fingerprint density at radius 1 is 0.286 bits per heavy atom. The smallest absolute Gasteiger partial charge is 0.0320 e. The summed E-state index contributed by atoms with van der Waals surface area (Å²) in [4.78, 5) is 0. The maximum atomic E-state index is 2.75. The summed E-state index contributed by atoms with van der Waals surface area (Å²) >= 11 is 0. The van der Waals surface area contributed by atoms with Gasteiger partial charge in [0.05, 0.1) is 0 Å². The van der Waals surface area contributed by atoms with Crippen LogP contribution in [0.25, 0.3) is 0 Å². The molecule has 0 amide bonds. The van der Waals surface area contributed by atoms with Crippen LogP contribution in [0.5, 0.6) is 0 Å². The van der Waals surface area contributed by atoms with Gasteiger partial charge in [0.1, 0.15) is 0 Å². The standard InChI is InChI=1S/C28H46/c1-11-12(2)16(6)24-22-10-21(23(24)15(11)5)27-17(7)25-19-9-20(14(4)13(19)3)26(25)18(8)28(22)27/h11-28H,9-10H2,1-8H3. The van der Waals surface area contributed by atoms with E-state index in [4.69, 9.17) is 0 Å². The van der Waals surface area contributed by atoms with Gasteiger partial charge in [-0.25, -0.2) is 0 Å². The highest BCUT2D eigenvalue weighted by atomic mass is 14.8. The van der Waals surface area contributed by atoms with Crippen LogP contribution in [0, 0.1) is 107 Å². The quantitative estimate of drug-likeness (QED) is 0.419. The van der Waals surface area contributed by atoms with Crippen molar-refractivity contribution in [2.75, 3.05) is 0 Å². The van der Waals surface area contributed by atoms with Crippen molar-refractivity contribution in [3.63, 3.8) is 0 Å². The van der Waals surface area contributed by atoms with Crippen molar-refractivity contribution in [3.8, 4) is 0 Å². The molecule has 0 nitrogen and oxygen atoms in total. The summed E-state index contributed by atoms with van der Waals surface area (Å²) in [6.07, 6.45) is 3.21. The van der Waals surface area contributed by atoms with Crippen LogP contribution in [0.4, 0.5) is 0 Å². The lowest BCUT2D eigenvalue weighted by Gasteiger charge is -2.61. The minimum absolute atomic E-state index is 0.932. The van der Waals surface area contributed by atoms with Gasteiger partial charge in [0.25, 0.3) is 0 Å². The van der Waals surface area contributed by atoms with Crippen molar-refractivity contribution >= 4 is 0 Å². The molecule has 0 spiro atoms. The molecule has 4 bridgehead atoms. The zero-order chi connectivity index (χ0) is 19.8. The molecular weight excluding hydrogens is 336 g/mol. The molecule has 6 rings (SSSR count). The van der Waals surface area contributed by atoms with Gasteiger partial charge in [-0.15, -0.1) is 0 Å². The maximum absolute atomic E-state index is 2.75. The lowest BCUT2D eigenvalue weighted by atomic mass is 9.44. The largest absolute Gasteiger partial charge is 0.0620 e. The fourth-order valence-corrected chi connectivity index (χ4v) is 12.3. The summed E-state index contributed by atoms with van der Waals surface area (Å²) in [5.41, 5.74) is 0. The molecule has 18 unspecified atom stereocenters. The Kier molecular flexibility index (Phi) is 3.90. The normalized spacial score (nSPS) is 72.0. The van der Waals surface area contributed by atoms with E-state index in [1.165, 1.54) is 0 Å². The van der Waals surface area contributed by atoms with Gasteiger partial charge < -0.3 is 0 Å². The molecule has 6 aliphatic rings. The van der Waals surface area contributed by atoms with Crippen LogP contribution in [0.3, 0.4) is 0 Å². The average molecular weight is 383 g/mol. The van der Waals surface area contributed by atoms with E-state index >= 15 is 0 Å². The first kappa shape index (κ1) is 18.7. The van der Waals surface area contributed by atoms with E-state index in [1.54, 1.807) is 12.8 Å². The van der Waals surface area contributed by atoms with E-state index in [0.717, 1.165) is 107 Å². The zero-order valence-corrected chi connectivity index (χ0v) is 19.8. The lowest BCUT2D eigenvalue weighted by molar-refractivity contribution is -0.137. The maximum Gasteiger partial charge on any atom is -0.0320 e. The molecule has 0 saturated heterocycles. The van der Waals surface area contributed by atoms with Crippen molar-refractivity contribution in [2.24, 2.45) is 107 Å². The summed E-state index contributed by atoms with van der Waals surface area (Å²) in [5, 5.41) is 0. The van der Waals surface area contributed by atoms with E-state index in [9.17, 15) is 0 Å². The number of fused-ring (bicyclic) bond motifs is 13. The Hall–Kier alpha value is 0. The Labute approximate surface area is 175 Å². The van der Waals surface area contributed by atoms with Gasteiger partial charge in [0.15, 0.2) is 0 Å². The van der Waals surface area contributed by atoms with Crippen LogP contribution in [-0.2, 0) is 0 Å². The molecule has 28 heavy (non-hydrogen) atoms. The number of hydrogen-bond donors (Lipinski definition) is 0. The second kappa shape index (κ2) is 5.82. The van der Waals surface area contributed by atoms with Gasteiger partial charge >= 0.3 is 0 Å². The van der Waals surface area contributed by atoms with Gasteiger partial charge in [-0.1, -0.05) is 55.4 Å². The van der Waals surface area contributed by atoms with Crippen molar-refractivity contribution < 1.29 is 0 Å². The Morgan fingerprint density at radius 2 is 0.571 bits per heavy atom. The summed E-state index contributed by atoms with van der Waals surface area (Å²) in [6, 6.07) is 0. The van der Waals surface area contributed by atoms with Crippen molar-refractivity contribution in [3.05, 3.63) is 0 Å². The fourth-order valence-electron chi connectivity index (χ4n) is 12.3. The predicted octanol–water partition coefficient (Wildman–Crippen LogP) is 7.10. The predicted molar refractivity (Wildman–Crippen MR) is 117 cm³/mol. The topological polar surface area (TPSA) is 0 Å². The van der Waals surface area contributed by atoms with E-state index < -0.39 is 0 Å². The van der Waals surface area contributed by atoms with E-state index in [2.05, 4.69) is 55.4 Å². The molecule has 0 aliphatic heterocycles. The van der Waals surface area contributed by atoms with E-state index in [-0.39, 0.29) is 0 Å². The molecule has 0 radical (unpaired) electrons. The highest BCUT2D eigenvalue weighted by Gasteiger charge is 2.70. The number of hydrogen-bond acceptors (Lipinski definition) is 0. The Morgan fingerprint density at radius 3 is 0.964 bits per heavy atom. The van der Waals surface area contributed by atoms with E-state index in [1.807, 2.05) is 0 Å². The molecule has 0 aromatic rings. The van der Waals surface area contributed by atoms with Gasteiger partial charge in [0, 0.05) is 0 Å². The molecular formula is C28H46.